The van der Waals surface area contributed by atoms with Crippen molar-refractivity contribution in [1.82, 2.24) is 14.9 Å². The number of aliphatic hydroxyl groups is 1. The molecule has 0 amide bonds. The topological polar surface area (TPSA) is 49.2 Å². The van der Waals surface area contributed by atoms with Crippen molar-refractivity contribution >= 4 is 0 Å². The van der Waals surface area contributed by atoms with Gasteiger partial charge in [0.25, 0.3) is 0 Å². The number of aliphatic hydroxyl groups excluding tert-OH is 1. The second-order valence-electron chi connectivity index (χ2n) is 3.65. The first-order valence-corrected chi connectivity index (χ1v) is 5.02. The maximum absolute atomic E-state index is 9.84. The van der Waals surface area contributed by atoms with Crippen LogP contribution in [0.15, 0.2) is 18.6 Å². The van der Waals surface area contributed by atoms with Crippen molar-refractivity contribution in [3.8, 4) is 0 Å². The van der Waals surface area contributed by atoms with E-state index >= 15 is 0 Å². The lowest BCUT2D eigenvalue weighted by atomic mass is 10.2. The first kappa shape index (κ1) is 9.55. The molecule has 1 aromatic rings. The molecule has 0 aliphatic carbocycles. The molecular weight excluding hydrogens is 178 g/mol. The highest BCUT2D eigenvalue weighted by Crippen LogP contribution is 2.14. The molecular formula is C10H15N3O. The Kier molecular flexibility index (Phi) is 3.06. The highest BCUT2D eigenvalue weighted by Gasteiger charge is 2.17. The second-order valence-corrected chi connectivity index (χ2v) is 3.65. The Hall–Kier alpha value is -1.00. The molecule has 0 spiro atoms. The average Bonchev–Trinajstić information content (AvgIpc) is 2.72. The van der Waals surface area contributed by atoms with Crippen LogP contribution in [0.2, 0.25) is 0 Å². The quantitative estimate of drug-likeness (QED) is 0.764. The van der Waals surface area contributed by atoms with Gasteiger partial charge in [-0.05, 0) is 25.9 Å². The zero-order valence-corrected chi connectivity index (χ0v) is 8.13. The number of rotatable bonds is 3. The van der Waals surface area contributed by atoms with Crippen molar-refractivity contribution in [2.75, 3.05) is 19.6 Å². The first-order chi connectivity index (χ1) is 6.86. The lowest BCUT2D eigenvalue weighted by Gasteiger charge is -2.18. The molecule has 2 heterocycles. The molecule has 1 unspecified atom stereocenters. The van der Waals surface area contributed by atoms with Crippen LogP contribution in [-0.4, -0.2) is 39.6 Å². The summed E-state index contributed by atoms with van der Waals surface area (Å²) in [5.74, 6) is 0. The van der Waals surface area contributed by atoms with Crippen molar-refractivity contribution in [1.29, 1.82) is 0 Å². The Morgan fingerprint density at radius 1 is 1.36 bits per heavy atom. The summed E-state index contributed by atoms with van der Waals surface area (Å²) in [6.45, 7) is 2.87. The van der Waals surface area contributed by atoms with Crippen LogP contribution in [-0.2, 0) is 0 Å². The molecule has 14 heavy (non-hydrogen) atoms. The molecule has 0 saturated carbocycles. The minimum absolute atomic E-state index is 0.498. The van der Waals surface area contributed by atoms with Crippen LogP contribution in [0.1, 0.15) is 24.6 Å². The fourth-order valence-electron chi connectivity index (χ4n) is 1.79. The third kappa shape index (κ3) is 2.27. The smallest absolute Gasteiger partial charge is 0.110 e. The summed E-state index contributed by atoms with van der Waals surface area (Å²) in [5, 5.41) is 9.84. The monoisotopic (exact) mass is 193 g/mol. The minimum atomic E-state index is -0.498. The van der Waals surface area contributed by atoms with E-state index in [1.807, 2.05) is 0 Å². The summed E-state index contributed by atoms with van der Waals surface area (Å²) in [6.07, 6.45) is 6.84. The van der Waals surface area contributed by atoms with Gasteiger partial charge in [0.15, 0.2) is 0 Å². The molecule has 1 aromatic heterocycles. The number of nitrogens with zero attached hydrogens (tertiary/aromatic N) is 3. The summed E-state index contributed by atoms with van der Waals surface area (Å²) >= 11 is 0. The van der Waals surface area contributed by atoms with Gasteiger partial charge in [-0.3, -0.25) is 9.97 Å². The molecule has 0 bridgehead atoms. The van der Waals surface area contributed by atoms with Crippen molar-refractivity contribution in [2.24, 2.45) is 0 Å². The molecule has 1 N–H and O–H groups in total. The molecule has 0 aromatic carbocycles. The molecule has 1 fully saturated rings. The highest BCUT2D eigenvalue weighted by atomic mass is 16.3. The Labute approximate surface area is 83.6 Å². The van der Waals surface area contributed by atoms with Crippen LogP contribution in [0.5, 0.6) is 0 Å². The van der Waals surface area contributed by atoms with Crippen LogP contribution in [0, 0.1) is 0 Å². The van der Waals surface area contributed by atoms with Crippen LogP contribution in [0.25, 0.3) is 0 Å². The van der Waals surface area contributed by atoms with Crippen LogP contribution >= 0.6 is 0 Å². The number of aromatic nitrogens is 2. The molecule has 2 rings (SSSR count). The van der Waals surface area contributed by atoms with Crippen molar-refractivity contribution in [3.05, 3.63) is 24.3 Å². The zero-order valence-electron chi connectivity index (χ0n) is 8.13. The summed E-state index contributed by atoms with van der Waals surface area (Å²) in [7, 11) is 0. The van der Waals surface area contributed by atoms with Gasteiger partial charge in [-0.1, -0.05) is 0 Å². The second kappa shape index (κ2) is 4.48. The lowest BCUT2D eigenvalue weighted by Crippen LogP contribution is -2.25. The summed E-state index contributed by atoms with van der Waals surface area (Å²) in [4.78, 5) is 10.3. The van der Waals surface area contributed by atoms with Gasteiger partial charge >= 0.3 is 0 Å². The maximum atomic E-state index is 9.84. The largest absolute Gasteiger partial charge is 0.385 e. The van der Waals surface area contributed by atoms with E-state index in [1.165, 1.54) is 12.8 Å². The molecule has 0 radical (unpaired) electrons. The third-order valence-electron chi connectivity index (χ3n) is 2.55. The van der Waals surface area contributed by atoms with E-state index in [9.17, 15) is 5.11 Å². The van der Waals surface area contributed by atoms with Gasteiger partial charge < -0.3 is 10.0 Å². The summed E-state index contributed by atoms with van der Waals surface area (Å²) < 4.78 is 0. The average molecular weight is 193 g/mol. The van der Waals surface area contributed by atoms with E-state index < -0.39 is 6.10 Å². The highest BCUT2D eigenvalue weighted by molar-refractivity contribution is 4.99. The molecule has 4 heteroatoms. The molecule has 1 saturated heterocycles. The van der Waals surface area contributed by atoms with Gasteiger partial charge in [-0.15, -0.1) is 0 Å². The van der Waals surface area contributed by atoms with E-state index in [-0.39, 0.29) is 0 Å². The maximum Gasteiger partial charge on any atom is 0.110 e. The molecule has 1 aliphatic rings. The number of hydrogen-bond donors (Lipinski definition) is 1. The Bertz CT molecular complexity index is 272. The van der Waals surface area contributed by atoms with E-state index in [1.54, 1.807) is 18.6 Å². The Morgan fingerprint density at radius 2 is 2.14 bits per heavy atom. The fraction of sp³-hybridized carbons (Fsp3) is 0.600. The minimum Gasteiger partial charge on any atom is -0.385 e. The van der Waals surface area contributed by atoms with Crippen molar-refractivity contribution < 1.29 is 5.11 Å². The molecule has 1 atom stereocenters. The van der Waals surface area contributed by atoms with E-state index in [0.29, 0.717) is 12.2 Å². The van der Waals surface area contributed by atoms with Gasteiger partial charge in [0.1, 0.15) is 6.10 Å². The normalized spacial score (nSPS) is 19.8. The van der Waals surface area contributed by atoms with Crippen molar-refractivity contribution in [2.45, 2.75) is 18.9 Å². The van der Waals surface area contributed by atoms with Gasteiger partial charge in [0.05, 0.1) is 11.9 Å². The predicted octanol–water partition coefficient (Wildman–Crippen LogP) is 0.606. The Balaban J connectivity index is 1.92. The standard InChI is InChI=1S/C10H15N3O/c14-10(8-13-5-1-2-6-13)9-7-11-3-4-12-9/h3-4,7,10,14H,1-2,5-6,8H2. The first-order valence-electron chi connectivity index (χ1n) is 5.02. The SMILES string of the molecule is OC(CN1CCCC1)c1cnccn1. The fourth-order valence-corrected chi connectivity index (χ4v) is 1.79. The van der Waals surface area contributed by atoms with Crippen LogP contribution in [0.3, 0.4) is 0 Å². The predicted molar refractivity (Wildman–Crippen MR) is 52.7 cm³/mol. The number of likely N-dealkylation sites (tertiary alicyclic amines) is 1. The Morgan fingerprint density at radius 3 is 2.79 bits per heavy atom. The van der Waals surface area contributed by atoms with Crippen LogP contribution in [0.4, 0.5) is 0 Å². The molecule has 76 valence electrons. The van der Waals surface area contributed by atoms with E-state index in [2.05, 4.69) is 14.9 Å². The number of β-amino-alcohol motifs (C(OH)–C–C–N with tert-alkyl or cyclic N) is 1. The molecule has 4 nitrogen and oxygen atoms in total. The number of hydrogen-bond acceptors (Lipinski definition) is 4. The van der Waals surface area contributed by atoms with Gasteiger partial charge in [0, 0.05) is 18.9 Å². The van der Waals surface area contributed by atoms with Crippen LogP contribution < -0.4 is 0 Å². The van der Waals surface area contributed by atoms with E-state index in [4.69, 9.17) is 0 Å². The van der Waals surface area contributed by atoms with Gasteiger partial charge in [0.2, 0.25) is 0 Å². The van der Waals surface area contributed by atoms with Crippen molar-refractivity contribution in [3.63, 3.8) is 0 Å². The third-order valence-corrected chi connectivity index (χ3v) is 2.55. The van der Waals surface area contributed by atoms with Gasteiger partial charge in [-0.25, -0.2) is 0 Å². The molecule has 1 aliphatic heterocycles. The summed E-state index contributed by atoms with van der Waals surface area (Å²) in [5.41, 5.74) is 0.666. The zero-order chi connectivity index (χ0) is 9.80. The van der Waals surface area contributed by atoms with E-state index in [0.717, 1.165) is 13.1 Å². The van der Waals surface area contributed by atoms with Gasteiger partial charge in [-0.2, -0.15) is 0 Å². The summed E-state index contributed by atoms with van der Waals surface area (Å²) in [6, 6.07) is 0. The lowest BCUT2D eigenvalue weighted by molar-refractivity contribution is 0.122.